The molecule has 0 aromatic heterocycles. The van der Waals surface area contributed by atoms with Crippen LogP contribution in [0.25, 0.3) is 0 Å². The number of thioether (sulfide) groups is 1. The van der Waals surface area contributed by atoms with E-state index in [0.29, 0.717) is 24.1 Å². The van der Waals surface area contributed by atoms with Gasteiger partial charge in [0.05, 0.1) is 0 Å². The van der Waals surface area contributed by atoms with Crippen LogP contribution in [0.15, 0.2) is 0 Å². The number of carbonyl (C=O) groups is 2. The Hall–Kier alpha value is -0.910. The molecule has 1 N–H and O–H groups in total. The predicted molar refractivity (Wildman–Crippen MR) is 84.6 cm³/mol. The van der Waals surface area contributed by atoms with Crippen molar-refractivity contribution in [2.24, 2.45) is 5.92 Å². The van der Waals surface area contributed by atoms with Gasteiger partial charge >= 0.3 is 12.0 Å². The number of piperidine rings is 1. The summed E-state index contributed by atoms with van der Waals surface area (Å²) in [6, 6.07) is -0.584. The molecule has 0 radical (unpaired) electrons. The molecule has 2 saturated heterocycles. The van der Waals surface area contributed by atoms with E-state index in [1.165, 1.54) is 0 Å². The number of rotatable bonds is 2. The molecule has 2 aliphatic heterocycles. The quantitative estimate of drug-likeness (QED) is 0.851. The Morgan fingerprint density at radius 3 is 2.57 bits per heavy atom. The average Bonchev–Trinajstić information content (AvgIpc) is 2.48. The summed E-state index contributed by atoms with van der Waals surface area (Å²) in [6.45, 7) is 7.57. The van der Waals surface area contributed by atoms with Crippen LogP contribution in [0.3, 0.4) is 0 Å². The third kappa shape index (κ3) is 3.47. The molecule has 2 fully saturated rings. The zero-order valence-electron chi connectivity index (χ0n) is 13.1. The first-order valence-electron chi connectivity index (χ1n) is 7.87. The zero-order valence-corrected chi connectivity index (χ0v) is 13.9. The summed E-state index contributed by atoms with van der Waals surface area (Å²) in [5, 5.41) is 9.87. The fourth-order valence-electron chi connectivity index (χ4n) is 3.24. The van der Waals surface area contributed by atoms with Crippen molar-refractivity contribution < 1.29 is 14.7 Å². The van der Waals surface area contributed by atoms with Crippen molar-refractivity contribution in [1.82, 2.24) is 9.80 Å². The van der Waals surface area contributed by atoms with Gasteiger partial charge in [0.25, 0.3) is 0 Å². The van der Waals surface area contributed by atoms with Gasteiger partial charge in [0.2, 0.25) is 0 Å². The molecule has 5 nitrogen and oxygen atoms in total. The number of carbonyl (C=O) groups excluding carboxylic acids is 1. The van der Waals surface area contributed by atoms with Crippen molar-refractivity contribution in [2.75, 3.05) is 18.8 Å². The second-order valence-corrected chi connectivity index (χ2v) is 7.62. The van der Waals surface area contributed by atoms with Crippen LogP contribution in [0.2, 0.25) is 0 Å². The normalized spacial score (nSPS) is 33.9. The monoisotopic (exact) mass is 314 g/mol. The molecule has 0 spiro atoms. The molecular formula is C15H26N2O3S. The molecule has 0 saturated carbocycles. The summed E-state index contributed by atoms with van der Waals surface area (Å²) in [7, 11) is 0. The Balaban J connectivity index is 2.11. The van der Waals surface area contributed by atoms with E-state index >= 15 is 0 Å². The van der Waals surface area contributed by atoms with Crippen molar-refractivity contribution >= 4 is 23.8 Å². The van der Waals surface area contributed by atoms with Gasteiger partial charge in [-0.2, -0.15) is 11.8 Å². The van der Waals surface area contributed by atoms with Crippen LogP contribution >= 0.6 is 11.8 Å². The fraction of sp³-hybridized carbons (Fsp3) is 0.867. The number of aliphatic carboxylic acids is 1. The molecular weight excluding hydrogens is 288 g/mol. The first kappa shape index (κ1) is 16.5. The second kappa shape index (κ2) is 6.90. The minimum absolute atomic E-state index is 0.0865. The molecule has 6 heteroatoms. The van der Waals surface area contributed by atoms with Gasteiger partial charge in [0.15, 0.2) is 0 Å². The van der Waals surface area contributed by atoms with Crippen LogP contribution in [0, 0.1) is 5.92 Å². The highest BCUT2D eigenvalue weighted by molar-refractivity contribution is 8.00. The van der Waals surface area contributed by atoms with E-state index in [9.17, 15) is 14.7 Å². The molecule has 4 unspecified atom stereocenters. The second-order valence-electron chi connectivity index (χ2n) is 6.14. The highest BCUT2D eigenvalue weighted by Crippen LogP contribution is 2.30. The molecule has 21 heavy (non-hydrogen) atoms. The van der Waals surface area contributed by atoms with E-state index in [1.54, 1.807) is 4.90 Å². The van der Waals surface area contributed by atoms with E-state index in [0.717, 1.165) is 25.1 Å². The lowest BCUT2D eigenvalue weighted by atomic mass is 9.89. The summed E-state index contributed by atoms with van der Waals surface area (Å²) in [6.07, 6.45) is 2.49. The standard InChI is InChI=1S/C15H26N2O3S/c1-4-12-5-6-17(13(9-12)14(18)19)15(20)16-7-8-21-11(3)10(16)2/h10-13H,4-9H2,1-3H3,(H,18,19). The maximum Gasteiger partial charge on any atom is 0.326 e. The molecule has 0 aliphatic carbocycles. The van der Waals surface area contributed by atoms with E-state index in [-0.39, 0.29) is 12.1 Å². The van der Waals surface area contributed by atoms with Crippen LogP contribution in [-0.4, -0.2) is 63.1 Å². The molecule has 2 aliphatic rings. The number of urea groups is 1. The van der Waals surface area contributed by atoms with Gasteiger partial charge in [-0.15, -0.1) is 0 Å². The third-order valence-corrected chi connectivity index (χ3v) is 6.29. The molecule has 120 valence electrons. The summed E-state index contributed by atoms with van der Waals surface area (Å²) in [5.41, 5.74) is 0. The van der Waals surface area contributed by atoms with E-state index in [2.05, 4.69) is 20.8 Å². The lowest BCUT2D eigenvalue weighted by molar-refractivity contribution is -0.144. The Bertz CT molecular complexity index is 404. The smallest absolute Gasteiger partial charge is 0.326 e. The minimum atomic E-state index is -0.867. The highest BCUT2D eigenvalue weighted by atomic mass is 32.2. The molecule has 0 aromatic rings. The molecule has 4 atom stereocenters. The van der Waals surface area contributed by atoms with Crippen molar-refractivity contribution in [3.05, 3.63) is 0 Å². The highest BCUT2D eigenvalue weighted by Gasteiger charge is 2.39. The van der Waals surface area contributed by atoms with E-state index in [1.807, 2.05) is 16.7 Å². The largest absolute Gasteiger partial charge is 0.480 e. The van der Waals surface area contributed by atoms with Gasteiger partial charge in [0, 0.05) is 30.1 Å². The molecule has 0 bridgehead atoms. The van der Waals surface area contributed by atoms with Crippen LogP contribution < -0.4 is 0 Å². The number of hydrogen-bond donors (Lipinski definition) is 1. The fourth-order valence-corrected chi connectivity index (χ4v) is 4.34. The Kier molecular flexibility index (Phi) is 5.41. The molecule has 2 heterocycles. The predicted octanol–water partition coefficient (Wildman–Crippen LogP) is 2.51. The Morgan fingerprint density at radius 1 is 1.24 bits per heavy atom. The van der Waals surface area contributed by atoms with Crippen molar-refractivity contribution in [3.8, 4) is 0 Å². The van der Waals surface area contributed by atoms with Gasteiger partial charge in [-0.25, -0.2) is 9.59 Å². The maximum atomic E-state index is 12.8. The van der Waals surface area contributed by atoms with Gasteiger partial charge < -0.3 is 14.9 Å². The van der Waals surface area contributed by atoms with Crippen molar-refractivity contribution in [1.29, 1.82) is 0 Å². The topological polar surface area (TPSA) is 60.9 Å². The van der Waals surface area contributed by atoms with Gasteiger partial charge in [0.1, 0.15) is 6.04 Å². The maximum absolute atomic E-state index is 12.8. The van der Waals surface area contributed by atoms with Crippen molar-refractivity contribution in [3.63, 3.8) is 0 Å². The first-order valence-corrected chi connectivity index (χ1v) is 8.92. The Labute approximate surface area is 131 Å². The third-order valence-electron chi connectivity index (χ3n) is 4.95. The van der Waals surface area contributed by atoms with E-state index in [4.69, 9.17) is 0 Å². The Morgan fingerprint density at radius 2 is 1.95 bits per heavy atom. The van der Waals surface area contributed by atoms with Gasteiger partial charge in [-0.3, -0.25) is 0 Å². The number of carboxylic acids is 1. The van der Waals surface area contributed by atoms with Crippen molar-refractivity contribution in [2.45, 2.75) is 57.4 Å². The van der Waals surface area contributed by atoms with Crippen LogP contribution in [-0.2, 0) is 4.79 Å². The van der Waals surface area contributed by atoms with Crippen LogP contribution in [0.5, 0.6) is 0 Å². The SMILES string of the molecule is CCC1CCN(C(=O)N2CCSC(C)C2C)C(C(=O)O)C1. The lowest BCUT2D eigenvalue weighted by Crippen LogP contribution is -2.58. The van der Waals surface area contributed by atoms with Crippen LogP contribution in [0.1, 0.15) is 40.0 Å². The zero-order chi connectivity index (χ0) is 15.6. The first-order chi connectivity index (χ1) is 9.95. The average molecular weight is 314 g/mol. The molecule has 2 rings (SSSR count). The number of amides is 2. The number of hydrogen-bond acceptors (Lipinski definition) is 3. The van der Waals surface area contributed by atoms with Crippen LogP contribution in [0.4, 0.5) is 4.79 Å². The lowest BCUT2D eigenvalue weighted by Gasteiger charge is -2.44. The summed E-state index contributed by atoms with van der Waals surface area (Å²) in [4.78, 5) is 27.8. The van der Waals surface area contributed by atoms with Gasteiger partial charge in [-0.1, -0.05) is 20.3 Å². The number of nitrogens with zero attached hydrogens (tertiary/aromatic N) is 2. The molecule has 2 amide bonds. The minimum Gasteiger partial charge on any atom is -0.480 e. The number of carboxylic acid groups (broad SMARTS) is 1. The summed E-state index contributed by atoms with van der Waals surface area (Å²) < 4.78 is 0. The van der Waals surface area contributed by atoms with Gasteiger partial charge in [-0.05, 0) is 25.7 Å². The summed E-state index contributed by atoms with van der Waals surface area (Å²) in [5.74, 6) is 0.484. The number of likely N-dealkylation sites (tertiary alicyclic amines) is 1. The summed E-state index contributed by atoms with van der Waals surface area (Å²) >= 11 is 1.88. The molecule has 0 aromatic carbocycles. The van der Waals surface area contributed by atoms with E-state index < -0.39 is 12.0 Å².